The van der Waals surface area contributed by atoms with Crippen molar-refractivity contribution in [2.24, 2.45) is 0 Å². The van der Waals surface area contributed by atoms with Gasteiger partial charge >= 0.3 is 0 Å². The zero-order chi connectivity index (χ0) is 16.1. The molecule has 3 aromatic rings. The Hall–Kier alpha value is -2.74. The van der Waals surface area contributed by atoms with Crippen LogP contribution in [0.2, 0.25) is 0 Å². The average molecular weight is 317 g/mol. The first-order valence-corrected chi connectivity index (χ1v) is 7.15. The fourth-order valence-corrected chi connectivity index (χ4v) is 2.11. The SMILES string of the molecule is Cc1nonc1OCCNCc1cn[nH]c1-c1ccc(F)cc1. The molecule has 0 bridgehead atoms. The Balaban J connectivity index is 1.50. The van der Waals surface area contributed by atoms with E-state index in [4.69, 9.17) is 4.74 Å². The van der Waals surface area contributed by atoms with Crippen molar-refractivity contribution in [1.82, 2.24) is 25.8 Å². The minimum atomic E-state index is -0.261. The van der Waals surface area contributed by atoms with Gasteiger partial charge in [0.05, 0.1) is 11.9 Å². The second-order valence-corrected chi connectivity index (χ2v) is 4.96. The number of rotatable bonds is 7. The Morgan fingerprint density at radius 2 is 2.09 bits per heavy atom. The lowest BCUT2D eigenvalue weighted by molar-refractivity contribution is 0.255. The van der Waals surface area contributed by atoms with E-state index in [1.807, 2.05) is 0 Å². The van der Waals surface area contributed by atoms with Crippen molar-refractivity contribution in [3.05, 3.63) is 47.5 Å². The van der Waals surface area contributed by atoms with Crippen LogP contribution in [0.25, 0.3) is 11.3 Å². The zero-order valence-corrected chi connectivity index (χ0v) is 12.5. The molecule has 0 aliphatic heterocycles. The van der Waals surface area contributed by atoms with Crippen molar-refractivity contribution in [1.29, 1.82) is 0 Å². The summed E-state index contributed by atoms with van der Waals surface area (Å²) in [7, 11) is 0. The summed E-state index contributed by atoms with van der Waals surface area (Å²) in [6.07, 6.45) is 1.75. The normalized spacial score (nSPS) is 10.9. The van der Waals surface area contributed by atoms with E-state index in [9.17, 15) is 4.39 Å². The molecule has 0 amide bonds. The first kappa shape index (κ1) is 15.2. The Bertz CT molecular complexity index is 753. The highest BCUT2D eigenvalue weighted by Gasteiger charge is 2.08. The minimum absolute atomic E-state index is 0.261. The van der Waals surface area contributed by atoms with Crippen molar-refractivity contribution in [2.75, 3.05) is 13.2 Å². The van der Waals surface area contributed by atoms with Gasteiger partial charge in [0, 0.05) is 24.2 Å². The smallest absolute Gasteiger partial charge is 0.278 e. The van der Waals surface area contributed by atoms with Crippen LogP contribution >= 0.6 is 0 Å². The van der Waals surface area contributed by atoms with Gasteiger partial charge in [0.2, 0.25) is 0 Å². The first-order valence-electron chi connectivity index (χ1n) is 7.15. The number of benzene rings is 1. The van der Waals surface area contributed by atoms with Gasteiger partial charge in [0.25, 0.3) is 5.88 Å². The van der Waals surface area contributed by atoms with Gasteiger partial charge in [-0.2, -0.15) is 5.10 Å². The second-order valence-electron chi connectivity index (χ2n) is 4.96. The number of nitrogens with one attached hydrogen (secondary N) is 2. The summed E-state index contributed by atoms with van der Waals surface area (Å²) in [5, 5.41) is 17.5. The Kier molecular flexibility index (Phi) is 4.62. The quantitative estimate of drug-likeness (QED) is 0.649. The molecular weight excluding hydrogens is 301 g/mol. The van der Waals surface area contributed by atoms with Gasteiger partial charge in [-0.3, -0.25) is 5.10 Å². The fraction of sp³-hybridized carbons (Fsp3) is 0.267. The van der Waals surface area contributed by atoms with E-state index < -0.39 is 0 Å². The Morgan fingerprint density at radius 1 is 1.26 bits per heavy atom. The number of aromatic amines is 1. The molecule has 0 fully saturated rings. The molecule has 3 rings (SSSR count). The predicted octanol–water partition coefficient (Wildman–Crippen LogP) is 2.08. The third-order valence-corrected chi connectivity index (χ3v) is 3.29. The maximum atomic E-state index is 13.0. The maximum Gasteiger partial charge on any atom is 0.278 e. The van der Waals surface area contributed by atoms with E-state index in [0.29, 0.717) is 31.3 Å². The van der Waals surface area contributed by atoms with Crippen LogP contribution < -0.4 is 10.1 Å². The molecule has 2 heterocycles. The van der Waals surface area contributed by atoms with Crippen molar-refractivity contribution >= 4 is 0 Å². The number of nitrogens with zero attached hydrogens (tertiary/aromatic N) is 3. The van der Waals surface area contributed by atoms with Crippen molar-refractivity contribution < 1.29 is 13.8 Å². The molecule has 7 nitrogen and oxygen atoms in total. The molecule has 0 saturated carbocycles. The number of ether oxygens (including phenoxy) is 1. The van der Waals surface area contributed by atoms with Crippen LogP contribution in [0.1, 0.15) is 11.3 Å². The molecule has 1 aromatic carbocycles. The van der Waals surface area contributed by atoms with Crippen LogP contribution in [0, 0.1) is 12.7 Å². The van der Waals surface area contributed by atoms with E-state index in [1.165, 1.54) is 12.1 Å². The highest BCUT2D eigenvalue weighted by molar-refractivity contribution is 5.62. The Labute approximate surface area is 131 Å². The molecule has 0 atom stereocenters. The van der Waals surface area contributed by atoms with E-state index in [-0.39, 0.29) is 5.82 Å². The van der Waals surface area contributed by atoms with E-state index in [2.05, 4.69) is 30.5 Å². The predicted molar refractivity (Wildman–Crippen MR) is 80.2 cm³/mol. The molecule has 23 heavy (non-hydrogen) atoms. The molecule has 0 aliphatic carbocycles. The summed E-state index contributed by atoms with van der Waals surface area (Å²) >= 11 is 0. The zero-order valence-electron chi connectivity index (χ0n) is 12.5. The Morgan fingerprint density at radius 3 is 2.83 bits per heavy atom. The van der Waals surface area contributed by atoms with Gasteiger partial charge in [-0.25, -0.2) is 9.02 Å². The maximum absolute atomic E-state index is 13.0. The number of aromatic nitrogens is 4. The van der Waals surface area contributed by atoms with Crippen molar-refractivity contribution in [3.63, 3.8) is 0 Å². The monoisotopic (exact) mass is 317 g/mol. The molecule has 0 radical (unpaired) electrons. The third-order valence-electron chi connectivity index (χ3n) is 3.29. The molecule has 8 heteroatoms. The van der Waals surface area contributed by atoms with E-state index in [1.54, 1.807) is 25.3 Å². The summed E-state index contributed by atoms with van der Waals surface area (Å²) in [4.78, 5) is 0. The lowest BCUT2D eigenvalue weighted by Crippen LogP contribution is -2.21. The molecule has 2 N–H and O–H groups in total. The van der Waals surface area contributed by atoms with Crippen LogP contribution in [0.3, 0.4) is 0 Å². The number of aryl methyl sites for hydroxylation is 1. The van der Waals surface area contributed by atoms with Crippen LogP contribution in [0.5, 0.6) is 5.88 Å². The number of H-pyrrole nitrogens is 1. The molecule has 0 aliphatic rings. The van der Waals surface area contributed by atoms with Gasteiger partial charge in [0.1, 0.15) is 18.1 Å². The average Bonchev–Trinajstić information content (AvgIpc) is 3.17. The van der Waals surface area contributed by atoms with Gasteiger partial charge in [0.15, 0.2) is 0 Å². The van der Waals surface area contributed by atoms with Gasteiger partial charge in [-0.15, -0.1) is 0 Å². The summed E-state index contributed by atoms with van der Waals surface area (Å²) in [5.41, 5.74) is 3.38. The van der Waals surface area contributed by atoms with Crippen molar-refractivity contribution in [2.45, 2.75) is 13.5 Å². The summed E-state index contributed by atoms with van der Waals surface area (Å²) < 4.78 is 23.0. The summed E-state index contributed by atoms with van der Waals surface area (Å²) in [6, 6.07) is 6.29. The highest BCUT2D eigenvalue weighted by atomic mass is 19.1. The summed E-state index contributed by atoms with van der Waals surface area (Å²) in [6.45, 7) is 3.45. The van der Waals surface area contributed by atoms with Crippen LogP contribution in [0.15, 0.2) is 35.1 Å². The van der Waals surface area contributed by atoms with Gasteiger partial charge < -0.3 is 10.1 Å². The largest absolute Gasteiger partial charge is 0.473 e. The molecule has 0 saturated heterocycles. The molecule has 120 valence electrons. The molecule has 2 aromatic heterocycles. The van der Waals surface area contributed by atoms with Gasteiger partial charge in [-0.1, -0.05) is 5.16 Å². The molecular formula is C15H16FN5O2. The second kappa shape index (κ2) is 7.01. The number of hydrogen-bond acceptors (Lipinski definition) is 6. The standard InChI is InChI=1S/C15H16FN5O2/c1-10-15(21-23-20-10)22-7-6-17-8-12-9-18-19-14(12)11-2-4-13(16)5-3-11/h2-5,9,17H,6-8H2,1H3,(H,18,19). The van der Waals surface area contributed by atoms with Crippen LogP contribution in [-0.4, -0.2) is 33.7 Å². The van der Waals surface area contributed by atoms with Crippen molar-refractivity contribution in [3.8, 4) is 17.1 Å². The lowest BCUT2D eigenvalue weighted by atomic mass is 10.1. The van der Waals surface area contributed by atoms with Gasteiger partial charge in [-0.05, 0) is 36.3 Å². The topological polar surface area (TPSA) is 88.9 Å². The molecule has 0 unspecified atom stereocenters. The number of halogens is 1. The summed E-state index contributed by atoms with van der Waals surface area (Å²) in [5.74, 6) is 0.143. The van der Waals surface area contributed by atoms with Crippen LogP contribution in [0.4, 0.5) is 4.39 Å². The van der Waals surface area contributed by atoms with E-state index in [0.717, 1.165) is 16.8 Å². The highest BCUT2D eigenvalue weighted by Crippen LogP contribution is 2.21. The first-order chi connectivity index (χ1) is 11.2. The fourth-order valence-electron chi connectivity index (χ4n) is 2.11. The molecule has 0 spiro atoms. The van der Waals surface area contributed by atoms with Crippen LogP contribution in [-0.2, 0) is 6.54 Å². The number of hydrogen-bond donors (Lipinski definition) is 2. The lowest BCUT2D eigenvalue weighted by Gasteiger charge is -2.06. The van der Waals surface area contributed by atoms with E-state index >= 15 is 0 Å². The third kappa shape index (κ3) is 3.72. The minimum Gasteiger partial charge on any atom is -0.473 e.